The second-order valence-corrected chi connectivity index (χ2v) is 6.66. The maximum absolute atomic E-state index is 12.6. The molecular formula is C19H21ClN4O5. The molecule has 0 bridgehead atoms. The van der Waals surface area contributed by atoms with Crippen LogP contribution in [0.1, 0.15) is 6.92 Å². The average molecular weight is 421 g/mol. The molecule has 10 heteroatoms. The molecule has 0 aliphatic heterocycles. The van der Waals surface area contributed by atoms with E-state index in [0.717, 1.165) is 0 Å². The van der Waals surface area contributed by atoms with Gasteiger partial charge in [0.2, 0.25) is 11.8 Å². The predicted molar refractivity (Wildman–Crippen MR) is 110 cm³/mol. The second kappa shape index (κ2) is 9.85. The number of methoxy groups -OCH3 is 1. The van der Waals surface area contributed by atoms with Crippen molar-refractivity contribution in [2.24, 2.45) is 0 Å². The lowest BCUT2D eigenvalue weighted by molar-refractivity contribution is -0.384. The average Bonchev–Trinajstić information content (AvgIpc) is 2.68. The van der Waals surface area contributed by atoms with Crippen LogP contribution in [-0.4, -0.2) is 48.4 Å². The van der Waals surface area contributed by atoms with Gasteiger partial charge in [-0.25, -0.2) is 0 Å². The number of anilines is 2. The third-order valence-electron chi connectivity index (χ3n) is 4.23. The van der Waals surface area contributed by atoms with Gasteiger partial charge in [-0.3, -0.25) is 24.6 Å². The minimum absolute atomic E-state index is 0.0636. The first-order valence-corrected chi connectivity index (χ1v) is 8.98. The second-order valence-electron chi connectivity index (χ2n) is 6.25. The number of para-hydroxylation sites is 1. The highest BCUT2D eigenvalue weighted by atomic mass is 35.5. The molecule has 0 radical (unpaired) electrons. The van der Waals surface area contributed by atoms with Crippen molar-refractivity contribution in [1.29, 1.82) is 0 Å². The lowest BCUT2D eigenvalue weighted by Gasteiger charge is -2.23. The minimum Gasteiger partial charge on any atom is -0.495 e. The van der Waals surface area contributed by atoms with Crippen molar-refractivity contribution < 1.29 is 19.2 Å². The van der Waals surface area contributed by atoms with E-state index in [9.17, 15) is 19.7 Å². The number of carbonyl (C=O) groups is 2. The van der Waals surface area contributed by atoms with Crippen LogP contribution in [0.25, 0.3) is 0 Å². The third kappa shape index (κ3) is 5.90. The molecule has 0 fully saturated rings. The van der Waals surface area contributed by atoms with Crippen molar-refractivity contribution in [2.45, 2.75) is 13.0 Å². The highest BCUT2D eigenvalue weighted by molar-refractivity contribution is 6.33. The predicted octanol–water partition coefficient (Wildman–Crippen LogP) is 3.15. The topological polar surface area (TPSA) is 114 Å². The zero-order valence-corrected chi connectivity index (χ0v) is 16.9. The van der Waals surface area contributed by atoms with E-state index in [1.54, 1.807) is 38.2 Å². The lowest BCUT2D eigenvalue weighted by Crippen LogP contribution is -2.43. The van der Waals surface area contributed by atoms with Crippen molar-refractivity contribution in [3.05, 3.63) is 57.6 Å². The van der Waals surface area contributed by atoms with Crippen molar-refractivity contribution in [1.82, 2.24) is 4.90 Å². The molecule has 154 valence electrons. The van der Waals surface area contributed by atoms with Crippen LogP contribution in [0.5, 0.6) is 5.75 Å². The molecule has 1 atom stereocenters. The summed E-state index contributed by atoms with van der Waals surface area (Å²) in [4.78, 5) is 36.7. The van der Waals surface area contributed by atoms with Crippen LogP contribution < -0.4 is 15.4 Å². The minimum atomic E-state index is -0.698. The summed E-state index contributed by atoms with van der Waals surface area (Å²) >= 11 is 6.02. The van der Waals surface area contributed by atoms with Gasteiger partial charge in [0.05, 0.1) is 41.0 Å². The number of nitrogens with zero attached hydrogens (tertiary/aromatic N) is 2. The van der Waals surface area contributed by atoms with E-state index in [0.29, 0.717) is 10.7 Å². The molecule has 2 aromatic rings. The zero-order chi connectivity index (χ0) is 21.6. The maximum atomic E-state index is 12.6. The monoisotopic (exact) mass is 420 g/mol. The molecule has 0 heterocycles. The Morgan fingerprint density at radius 1 is 1.21 bits per heavy atom. The van der Waals surface area contributed by atoms with E-state index in [4.69, 9.17) is 16.3 Å². The molecule has 2 N–H and O–H groups in total. The van der Waals surface area contributed by atoms with Gasteiger partial charge in [0.1, 0.15) is 5.75 Å². The highest BCUT2D eigenvalue weighted by Gasteiger charge is 2.22. The Bertz CT molecular complexity index is 921. The highest BCUT2D eigenvalue weighted by Crippen LogP contribution is 2.29. The summed E-state index contributed by atoms with van der Waals surface area (Å²) < 4.78 is 5.14. The Labute approximate surface area is 172 Å². The number of hydrogen-bond donors (Lipinski definition) is 2. The van der Waals surface area contributed by atoms with Crippen molar-refractivity contribution >= 4 is 40.5 Å². The van der Waals surface area contributed by atoms with Gasteiger partial charge in [0.15, 0.2) is 0 Å². The van der Waals surface area contributed by atoms with E-state index < -0.39 is 16.9 Å². The van der Waals surface area contributed by atoms with E-state index >= 15 is 0 Å². The maximum Gasteiger partial charge on any atom is 0.271 e. The van der Waals surface area contributed by atoms with Gasteiger partial charge in [0.25, 0.3) is 5.69 Å². The number of halogens is 1. The Morgan fingerprint density at radius 3 is 2.52 bits per heavy atom. The van der Waals surface area contributed by atoms with Gasteiger partial charge in [-0.2, -0.15) is 0 Å². The summed E-state index contributed by atoms with van der Waals surface area (Å²) in [5.74, 6) is -0.500. The summed E-state index contributed by atoms with van der Waals surface area (Å²) in [6, 6.07) is 10.0. The first kappa shape index (κ1) is 22.1. The molecule has 0 saturated carbocycles. The summed E-state index contributed by atoms with van der Waals surface area (Å²) in [6.45, 7) is 1.55. The van der Waals surface area contributed by atoms with Gasteiger partial charge >= 0.3 is 0 Å². The fourth-order valence-electron chi connectivity index (χ4n) is 2.46. The van der Waals surface area contributed by atoms with Crippen LogP contribution in [0.3, 0.4) is 0 Å². The van der Waals surface area contributed by atoms with Gasteiger partial charge in [-0.05, 0) is 32.2 Å². The van der Waals surface area contributed by atoms with Crippen LogP contribution in [0.2, 0.25) is 5.02 Å². The van der Waals surface area contributed by atoms with Gasteiger partial charge in [-0.1, -0.05) is 23.7 Å². The van der Waals surface area contributed by atoms with Crippen LogP contribution in [0, 0.1) is 10.1 Å². The number of amides is 2. The summed E-state index contributed by atoms with van der Waals surface area (Å²) in [5.41, 5.74) is 0.472. The van der Waals surface area contributed by atoms with Crippen molar-refractivity contribution in [3.63, 3.8) is 0 Å². The standard InChI is InChI=1S/C19H21ClN4O5/c1-12(23(2)11-18(25)21-15-7-5-4-6-14(15)20)19(26)22-16-10-13(24(27)28)8-9-17(16)29-3/h4-10,12H,11H2,1-3H3,(H,21,25)(H,22,26)/t12-/m1/s1. The number of carbonyl (C=O) groups excluding carboxylic acids is 2. The van der Waals surface area contributed by atoms with Crippen LogP contribution in [0.4, 0.5) is 17.1 Å². The lowest BCUT2D eigenvalue weighted by atomic mass is 10.2. The largest absolute Gasteiger partial charge is 0.495 e. The summed E-state index contributed by atoms with van der Waals surface area (Å²) in [5, 5.41) is 16.7. The van der Waals surface area contributed by atoms with Crippen LogP contribution in [-0.2, 0) is 9.59 Å². The number of hydrogen-bond acceptors (Lipinski definition) is 6. The number of nitro benzene ring substituents is 1. The Balaban J connectivity index is 2.02. The molecule has 0 unspecified atom stereocenters. The number of ether oxygens (including phenoxy) is 1. The van der Waals surface area contributed by atoms with Gasteiger partial charge in [-0.15, -0.1) is 0 Å². The fraction of sp³-hybridized carbons (Fsp3) is 0.263. The van der Waals surface area contributed by atoms with E-state index in [2.05, 4.69) is 10.6 Å². The van der Waals surface area contributed by atoms with Crippen molar-refractivity contribution in [3.8, 4) is 5.75 Å². The molecule has 2 rings (SSSR count). The number of nitrogens with one attached hydrogen (secondary N) is 2. The van der Waals surface area contributed by atoms with E-state index in [-0.39, 0.29) is 29.6 Å². The Morgan fingerprint density at radius 2 is 1.90 bits per heavy atom. The number of benzene rings is 2. The first-order valence-electron chi connectivity index (χ1n) is 8.60. The number of non-ortho nitro benzene ring substituents is 1. The van der Waals surface area contributed by atoms with Gasteiger partial charge < -0.3 is 15.4 Å². The molecule has 9 nitrogen and oxygen atoms in total. The number of likely N-dealkylation sites (N-methyl/N-ethyl adjacent to an activating group) is 1. The first-order chi connectivity index (χ1) is 13.7. The molecule has 0 aliphatic carbocycles. The van der Waals surface area contributed by atoms with E-state index in [1.807, 2.05) is 0 Å². The normalized spacial score (nSPS) is 11.6. The van der Waals surface area contributed by atoms with Gasteiger partial charge in [0, 0.05) is 12.1 Å². The van der Waals surface area contributed by atoms with Crippen LogP contribution >= 0.6 is 11.6 Å². The number of rotatable bonds is 8. The Kier molecular flexibility index (Phi) is 7.52. The van der Waals surface area contributed by atoms with E-state index in [1.165, 1.54) is 30.2 Å². The molecular weight excluding hydrogens is 400 g/mol. The molecule has 0 spiro atoms. The molecule has 2 amide bonds. The number of nitro groups is 1. The summed E-state index contributed by atoms with van der Waals surface area (Å²) in [7, 11) is 3.01. The quantitative estimate of drug-likeness (QED) is 0.501. The molecule has 0 saturated heterocycles. The molecule has 0 aliphatic rings. The Hall–Kier alpha value is -3.17. The molecule has 2 aromatic carbocycles. The van der Waals surface area contributed by atoms with Crippen molar-refractivity contribution in [2.75, 3.05) is 31.3 Å². The zero-order valence-electron chi connectivity index (χ0n) is 16.1. The smallest absolute Gasteiger partial charge is 0.271 e. The molecule has 0 aromatic heterocycles. The van der Waals surface area contributed by atoms with Crippen LogP contribution in [0.15, 0.2) is 42.5 Å². The molecule has 29 heavy (non-hydrogen) atoms. The fourth-order valence-corrected chi connectivity index (χ4v) is 2.64. The SMILES string of the molecule is COc1ccc([N+](=O)[O-])cc1NC(=O)[C@@H](C)N(C)CC(=O)Nc1ccccc1Cl. The third-order valence-corrected chi connectivity index (χ3v) is 4.56. The summed E-state index contributed by atoms with van der Waals surface area (Å²) in [6.07, 6.45) is 0.